The van der Waals surface area contributed by atoms with Gasteiger partial charge in [0, 0.05) is 12.0 Å². The van der Waals surface area contributed by atoms with Crippen molar-refractivity contribution in [3.05, 3.63) is 71.3 Å². The van der Waals surface area contributed by atoms with Crippen LogP contribution < -0.4 is 0 Å². The van der Waals surface area contributed by atoms with E-state index in [0.29, 0.717) is 11.1 Å². The van der Waals surface area contributed by atoms with Crippen molar-refractivity contribution in [3.63, 3.8) is 0 Å². The molecule has 0 spiro atoms. The molecule has 0 N–H and O–H groups in total. The lowest BCUT2D eigenvalue weighted by Gasteiger charge is -2.03. The average molecular weight is 296 g/mol. The molecule has 0 aliphatic carbocycles. The predicted octanol–water partition coefficient (Wildman–Crippen LogP) is 2.86. The molecule has 0 bridgehead atoms. The standard InChI is InChI=1S/C18H16O4/c1-22-18(21)15-9-7-14(8-10-15)17(20)12-16(19)11-13-5-3-2-4-6-13/h2-10H,11-12H2,1H3. The third-order valence-corrected chi connectivity index (χ3v) is 3.23. The van der Waals surface area contributed by atoms with Crippen molar-refractivity contribution >= 4 is 17.5 Å². The molecule has 2 aromatic rings. The number of ketones is 2. The normalized spacial score (nSPS) is 10.0. The van der Waals surface area contributed by atoms with E-state index in [1.807, 2.05) is 30.3 Å². The van der Waals surface area contributed by atoms with Crippen molar-refractivity contribution in [3.8, 4) is 0 Å². The van der Waals surface area contributed by atoms with Gasteiger partial charge in [0.05, 0.1) is 19.1 Å². The first-order chi connectivity index (χ1) is 10.6. The van der Waals surface area contributed by atoms with Crippen LogP contribution in [0.25, 0.3) is 0 Å². The molecule has 22 heavy (non-hydrogen) atoms. The largest absolute Gasteiger partial charge is 0.465 e. The Kier molecular flexibility index (Phi) is 5.20. The second-order valence-corrected chi connectivity index (χ2v) is 4.87. The van der Waals surface area contributed by atoms with Gasteiger partial charge in [-0.2, -0.15) is 0 Å². The number of carbonyl (C=O) groups is 3. The van der Waals surface area contributed by atoms with Crippen LogP contribution in [0.4, 0.5) is 0 Å². The first-order valence-electron chi connectivity index (χ1n) is 6.87. The quantitative estimate of drug-likeness (QED) is 0.467. The summed E-state index contributed by atoms with van der Waals surface area (Å²) in [6, 6.07) is 15.4. The third-order valence-electron chi connectivity index (χ3n) is 3.23. The molecule has 0 atom stereocenters. The molecular formula is C18H16O4. The summed E-state index contributed by atoms with van der Waals surface area (Å²) in [6.07, 6.45) is 0.0965. The van der Waals surface area contributed by atoms with E-state index in [4.69, 9.17) is 0 Å². The highest BCUT2D eigenvalue weighted by molar-refractivity contribution is 6.08. The van der Waals surface area contributed by atoms with Crippen LogP contribution in [0.1, 0.15) is 32.7 Å². The fourth-order valence-electron chi connectivity index (χ4n) is 2.08. The summed E-state index contributed by atoms with van der Waals surface area (Å²) in [7, 11) is 1.30. The lowest BCUT2D eigenvalue weighted by molar-refractivity contribution is -0.117. The van der Waals surface area contributed by atoms with E-state index >= 15 is 0 Å². The lowest BCUT2D eigenvalue weighted by Crippen LogP contribution is -2.11. The Morgan fingerprint density at radius 3 is 2.05 bits per heavy atom. The van der Waals surface area contributed by atoms with Crippen LogP contribution in [-0.4, -0.2) is 24.6 Å². The maximum atomic E-state index is 12.1. The highest BCUT2D eigenvalue weighted by Crippen LogP contribution is 2.10. The number of benzene rings is 2. The summed E-state index contributed by atoms with van der Waals surface area (Å²) in [5, 5.41) is 0. The van der Waals surface area contributed by atoms with E-state index in [1.54, 1.807) is 0 Å². The molecule has 2 rings (SSSR count). The van der Waals surface area contributed by atoms with Crippen molar-refractivity contribution in [1.29, 1.82) is 0 Å². The van der Waals surface area contributed by atoms with E-state index in [0.717, 1.165) is 5.56 Å². The second kappa shape index (κ2) is 7.31. The Balaban J connectivity index is 1.97. The SMILES string of the molecule is COC(=O)c1ccc(C(=O)CC(=O)Cc2ccccc2)cc1. The van der Waals surface area contributed by atoms with E-state index in [-0.39, 0.29) is 24.4 Å². The summed E-state index contributed by atoms with van der Waals surface area (Å²) in [5.74, 6) is -0.843. The van der Waals surface area contributed by atoms with Crippen LogP contribution in [0.3, 0.4) is 0 Å². The van der Waals surface area contributed by atoms with Crippen molar-refractivity contribution in [2.24, 2.45) is 0 Å². The Morgan fingerprint density at radius 1 is 0.864 bits per heavy atom. The van der Waals surface area contributed by atoms with Gasteiger partial charge in [0.25, 0.3) is 0 Å². The fourth-order valence-corrected chi connectivity index (χ4v) is 2.08. The first-order valence-corrected chi connectivity index (χ1v) is 6.87. The molecule has 4 heteroatoms. The zero-order valence-corrected chi connectivity index (χ0v) is 12.2. The van der Waals surface area contributed by atoms with E-state index < -0.39 is 5.97 Å². The average Bonchev–Trinajstić information content (AvgIpc) is 2.55. The first kappa shape index (κ1) is 15.6. The molecule has 0 fully saturated rings. The van der Waals surface area contributed by atoms with Gasteiger partial charge in [0.2, 0.25) is 0 Å². The minimum atomic E-state index is -0.459. The van der Waals surface area contributed by atoms with Crippen LogP contribution in [0.2, 0.25) is 0 Å². The number of hydrogen-bond acceptors (Lipinski definition) is 4. The summed E-state index contributed by atoms with van der Waals surface area (Å²) >= 11 is 0. The van der Waals surface area contributed by atoms with Gasteiger partial charge in [0.15, 0.2) is 5.78 Å². The van der Waals surface area contributed by atoms with Crippen LogP contribution in [0.15, 0.2) is 54.6 Å². The summed E-state index contributed by atoms with van der Waals surface area (Å²) in [6.45, 7) is 0. The smallest absolute Gasteiger partial charge is 0.337 e. The Labute approximate surface area is 128 Å². The highest BCUT2D eigenvalue weighted by Gasteiger charge is 2.13. The summed E-state index contributed by atoms with van der Waals surface area (Å²) in [4.78, 5) is 35.3. The maximum Gasteiger partial charge on any atom is 0.337 e. The van der Waals surface area contributed by atoms with Crippen LogP contribution in [-0.2, 0) is 16.0 Å². The van der Waals surface area contributed by atoms with Gasteiger partial charge < -0.3 is 4.74 Å². The zero-order valence-electron chi connectivity index (χ0n) is 12.2. The van der Waals surface area contributed by atoms with E-state index in [2.05, 4.69) is 4.74 Å². The molecule has 0 amide bonds. The Morgan fingerprint density at radius 2 is 1.45 bits per heavy atom. The maximum absolute atomic E-state index is 12.1. The number of Topliss-reactive ketones (excluding diaryl/α,β-unsaturated/α-hetero) is 2. The highest BCUT2D eigenvalue weighted by atomic mass is 16.5. The van der Waals surface area contributed by atoms with Gasteiger partial charge in [-0.25, -0.2) is 4.79 Å². The fraction of sp³-hybridized carbons (Fsp3) is 0.167. The van der Waals surface area contributed by atoms with E-state index in [9.17, 15) is 14.4 Å². The third kappa shape index (κ3) is 4.12. The van der Waals surface area contributed by atoms with Gasteiger partial charge >= 0.3 is 5.97 Å². The number of hydrogen-bond donors (Lipinski definition) is 0. The molecule has 0 aliphatic rings. The van der Waals surface area contributed by atoms with Gasteiger partial charge in [0.1, 0.15) is 5.78 Å². The van der Waals surface area contributed by atoms with Crippen LogP contribution in [0, 0.1) is 0 Å². The monoisotopic (exact) mass is 296 g/mol. The van der Waals surface area contributed by atoms with Crippen LogP contribution in [0.5, 0.6) is 0 Å². The number of ether oxygens (including phenoxy) is 1. The van der Waals surface area contributed by atoms with Crippen molar-refractivity contribution in [2.75, 3.05) is 7.11 Å². The molecule has 0 radical (unpaired) electrons. The molecule has 2 aromatic carbocycles. The van der Waals surface area contributed by atoms with Crippen molar-refractivity contribution < 1.29 is 19.1 Å². The molecule has 0 saturated heterocycles. The number of rotatable bonds is 6. The topological polar surface area (TPSA) is 60.4 Å². The van der Waals surface area contributed by atoms with Crippen LogP contribution >= 0.6 is 0 Å². The van der Waals surface area contributed by atoms with Gasteiger partial charge in [-0.3, -0.25) is 9.59 Å². The summed E-state index contributed by atoms with van der Waals surface area (Å²) < 4.78 is 4.59. The Bertz CT molecular complexity index is 672. The lowest BCUT2D eigenvalue weighted by atomic mass is 10.0. The molecule has 0 heterocycles. The molecule has 4 nitrogen and oxygen atoms in total. The molecule has 0 saturated carbocycles. The summed E-state index contributed by atoms with van der Waals surface area (Å²) in [5.41, 5.74) is 1.67. The zero-order chi connectivity index (χ0) is 15.9. The molecule has 0 unspecified atom stereocenters. The second-order valence-electron chi connectivity index (χ2n) is 4.87. The van der Waals surface area contributed by atoms with Crippen molar-refractivity contribution in [2.45, 2.75) is 12.8 Å². The van der Waals surface area contributed by atoms with Gasteiger partial charge in [-0.1, -0.05) is 42.5 Å². The van der Waals surface area contributed by atoms with E-state index in [1.165, 1.54) is 31.4 Å². The minimum absolute atomic E-state index is 0.131. The molecular weight excluding hydrogens is 280 g/mol. The Hall–Kier alpha value is -2.75. The molecule has 0 aliphatic heterocycles. The number of carbonyl (C=O) groups excluding carboxylic acids is 3. The van der Waals surface area contributed by atoms with Gasteiger partial charge in [-0.15, -0.1) is 0 Å². The van der Waals surface area contributed by atoms with Crippen molar-refractivity contribution in [1.82, 2.24) is 0 Å². The predicted molar refractivity (Wildman–Crippen MR) is 81.9 cm³/mol. The molecule has 112 valence electrons. The number of methoxy groups -OCH3 is 1. The minimum Gasteiger partial charge on any atom is -0.465 e. The molecule has 0 aromatic heterocycles. The number of esters is 1. The van der Waals surface area contributed by atoms with Gasteiger partial charge in [-0.05, 0) is 17.7 Å².